The van der Waals surface area contributed by atoms with Crippen LogP contribution in [0.5, 0.6) is 0 Å². The second kappa shape index (κ2) is 7.58. The average Bonchev–Trinajstić information content (AvgIpc) is 2.75. The summed E-state index contributed by atoms with van der Waals surface area (Å²) in [4.78, 5) is 14.2. The van der Waals surface area contributed by atoms with E-state index < -0.39 is 15.1 Å². The molecule has 0 spiro atoms. The number of halogens is 1. The Morgan fingerprint density at radius 2 is 1.72 bits per heavy atom. The minimum atomic E-state index is -3.35. The molecule has 1 atom stereocenters. The molecule has 2 aromatic carbocycles. The van der Waals surface area contributed by atoms with Crippen molar-refractivity contribution in [3.8, 4) is 0 Å². The van der Waals surface area contributed by atoms with Crippen LogP contribution >= 0.6 is 11.6 Å². The lowest BCUT2D eigenvalue weighted by molar-refractivity contribution is -0.130. The molecule has 1 amide bonds. The molecule has 1 saturated heterocycles. The number of amides is 1. The van der Waals surface area contributed by atoms with E-state index in [1.807, 2.05) is 30.3 Å². The van der Waals surface area contributed by atoms with Gasteiger partial charge in [0.25, 0.3) is 0 Å². The molecule has 1 aliphatic heterocycles. The van der Waals surface area contributed by atoms with Gasteiger partial charge in [-0.1, -0.05) is 60.1 Å². The van der Waals surface area contributed by atoms with Crippen LogP contribution in [0, 0.1) is 0 Å². The zero-order valence-electron chi connectivity index (χ0n) is 13.8. The molecule has 25 heavy (non-hydrogen) atoms. The summed E-state index contributed by atoms with van der Waals surface area (Å²) >= 11 is 6.20. The SMILES string of the molecule is O=C(Cc1ccccc1)N1CCC(c2ccccc2Cl)S(=O)(=O)CC1. The van der Waals surface area contributed by atoms with Gasteiger partial charge in [-0.05, 0) is 23.6 Å². The van der Waals surface area contributed by atoms with Gasteiger partial charge in [0.15, 0.2) is 9.84 Å². The number of rotatable bonds is 3. The van der Waals surface area contributed by atoms with Crippen LogP contribution in [-0.4, -0.2) is 38.1 Å². The smallest absolute Gasteiger partial charge is 0.227 e. The lowest BCUT2D eigenvalue weighted by Gasteiger charge is -2.20. The van der Waals surface area contributed by atoms with E-state index in [0.717, 1.165) is 5.56 Å². The van der Waals surface area contributed by atoms with Gasteiger partial charge in [-0.2, -0.15) is 0 Å². The first-order chi connectivity index (χ1) is 12.0. The second-order valence-electron chi connectivity index (χ2n) is 6.21. The summed E-state index contributed by atoms with van der Waals surface area (Å²) in [5.74, 6) is -0.0788. The van der Waals surface area contributed by atoms with E-state index in [0.29, 0.717) is 23.6 Å². The van der Waals surface area contributed by atoms with Crippen molar-refractivity contribution >= 4 is 27.3 Å². The molecule has 0 saturated carbocycles. The highest BCUT2D eigenvalue weighted by atomic mass is 35.5. The van der Waals surface area contributed by atoms with Crippen LogP contribution in [0.1, 0.15) is 22.8 Å². The van der Waals surface area contributed by atoms with Crippen LogP contribution in [0.3, 0.4) is 0 Å². The maximum Gasteiger partial charge on any atom is 0.227 e. The van der Waals surface area contributed by atoms with Crippen molar-refractivity contribution in [1.29, 1.82) is 0 Å². The normalized spacial score (nSPS) is 20.0. The lowest BCUT2D eigenvalue weighted by Crippen LogP contribution is -2.34. The average molecular weight is 378 g/mol. The number of nitrogens with zero attached hydrogens (tertiary/aromatic N) is 1. The minimum absolute atomic E-state index is 0.0383. The molecular formula is C19H20ClNO3S. The van der Waals surface area contributed by atoms with Gasteiger partial charge in [0, 0.05) is 18.1 Å². The number of carbonyl (C=O) groups is 1. The maximum absolute atomic E-state index is 12.7. The first-order valence-corrected chi connectivity index (χ1v) is 10.3. The van der Waals surface area contributed by atoms with Gasteiger partial charge in [-0.25, -0.2) is 8.42 Å². The van der Waals surface area contributed by atoms with E-state index in [2.05, 4.69) is 0 Å². The largest absolute Gasteiger partial charge is 0.341 e. The van der Waals surface area contributed by atoms with Crippen LogP contribution in [0.25, 0.3) is 0 Å². The predicted molar refractivity (Wildman–Crippen MR) is 99.3 cm³/mol. The topological polar surface area (TPSA) is 54.5 Å². The lowest BCUT2D eigenvalue weighted by atomic mass is 10.1. The van der Waals surface area contributed by atoms with Crippen LogP contribution in [-0.2, 0) is 21.1 Å². The van der Waals surface area contributed by atoms with Crippen LogP contribution in [0.4, 0.5) is 0 Å². The predicted octanol–water partition coefficient (Wildman–Crippen LogP) is 3.27. The van der Waals surface area contributed by atoms with Crippen molar-refractivity contribution in [3.63, 3.8) is 0 Å². The Morgan fingerprint density at radius 3 is 2.44 bits per heavy atom. The fourth-order valence-corrected chi connectivity index (χ4v) is 5.31. The zero-order chi connectivity index (χ0) is 17.9. The molecular weight excluding hydrogens is 358 g/mol. The van der Waals surface area contributed by atoms with Crippen LogP contribution in [0.2, 0.25) is 5.02 Å². The molecule has 0 bridgehead atoms. The minimum Gasteiger partial charge on any atom is -0.341 e. The summed E-state index contributed by atoms with van der Waals surface area (Å²) in [6, 6.07) is 16.5. The molecule has 0 aliphatic carbocycles. The van der Waals surface area contributed by atoms with Crippen molar-refractivity contribution in [2.75, 3.05) is 18.8 Å². The van der Waals surface area contributed by atoms with E-state index in [9.17, 15) is 13.2 Å². The third-order valence-electron chi connectivity index (χ3n) is 4.54. The number of sulfone groups is 1. The van der Waals surface area contributed by atoms with E-state index in [1.54, 1.807) is 29.2 Å². The number of hydrogen-bond donors (Lipinski definition) is 0. The first kappa shape index (κ1) is 18.0. The Morgan fingerprint density at radius 1 is 1.04 bits per heavy atom. The van der Waals surface area contributed by atoms with Crippen LogP contribution < -0.4 is 0 Å². The summed E-state index contributed by atoms with van der Waals surface area (Å²) in [5, 5.41) is -0.198. The molecule has 132 valence electrons. The monoisotopic (exact) mass is 377 g/mol. The van der Waals surface area contributed by atoms with Crippen molar-refractivity contribution in [1.82, 2.24) is 4.90 Å². The highest BCUT2D eigenvalue weighted by Gasteiger charge is 2.33. The molecule has 0 aromatic heterocycles. The molecule has 0 radical (unpaired) electrons. The van der Waals surface area contributed by atoms with Crippen molar-refractivity contribution in [2.45, 2.75) is 18.1 Å². The third-order valence-corrected chi connectivity index (χ3v) is 7.00. The fourth-order valence-electron chi connectivity index (χ4n) is 3.16. The molecule has 6 heteroatoms. The second-order valence-corrected chi connectivity index (χ2v) is 8.92. The quantitative estimate of drug-likeness (QED) is 0.824. The van der Waals surface area contributed by atoms with Crippen LogP contribution in [0.15, 0.2) is 54.6 Å². The van der Waals surface area contributed by atoms with E-state index in [-0.39, 0.29) is 24.6 Å². The van der Waals surface area contributed by atoms with Gasteiger partial charge >= 0.3 is 0 Å². The van der Waals surface area contributed by atoms with Gasteiger partial charge in [0.1, 0.15) is 0 Å². The Balaban J connectivity index is 1.76. The summed E-state index contributed by atoms with van der Waals surface area (Å²) in [5.41, 5.74) is 1.56. The fraction of sp³-hybridized carbons (Fsp3) is 0.316. The van der Waals surface area contributed by atoms with Gasteiger partial charge in [0.2, 0.25) is 5.91 Å². The van der Waals surface area contributed by atoms with E-state index >= 15 is 0 Å². The van der Waals surface area contributed by atoms with Gasteiger partial charge in [-0.15, -0.1) is 0 Å². The Hall–Kier alpha value is -1.85. The molecule has 1 heterocycles. The van der Waals surface area contributed by atoms with E-state index in [4.69, 9.17) is 11.6 Å². The summed E-state index contributed by atoms with van der Waals surface area (Å²) in [6.45, 7) is 0.649. The molecule has 1 unspecified atom stereocenters. The molecule has 1 aliphatic rings. The molecule has 1 fully saturated rings. The zero-order valence-corrected chi connectivity index (χ0v) is 15.3. The summed E-state index contributed by atoms with van der Waals surface area (Å²) in [6.07, 6.45) is 0.657. The van der Waals surface area contributed by atoms with Gasteiger partial charge in [0.05, 0.1) is 17.4 Å². The standard InChI is InChI=1S/C19H20ClNO3S/c20-17-9-5-4-8-16(17)18-10-11-21(12-13-25(18,23)24)19(22)14-15-6-2-1-3-7-15/h1-9,18H,10-14H2. The van der Waals surface area contributed by atoms with Crippen molar-refractivity contribution in [3.05, 3.63) is 70.7 Å². The van der Waals surface area contributed by atoms with Gasteiger partial charge < -0.3 is 4.90 Å². The van der Waals surface area contributed by atoms with Gasteiger partial charge in [-0.3, -0.25) is 4.79 Å². The Kier molecular flexibility index (Phi) is 5.45. The highest BCUT2D eigenvalue weighted by Crippen LogP contribution is 2.33. The van der Waals surface area contributed by atoms with E-state index in [1.165, 1.54) is 0 Å². The summed E-state index contributed by atoms with van der Waals surface area (Å²) < 4.78 is 25.4. The molecule has 3 rings (SSSR count). The Labute approximate surface area is 153 Å². The maximum atomic E-state index is 12.7. The number of carbonyl (C=O) groups excluding carboxylic acids is 1. The Bertz CT molecular complexity index is 852. The number of benzene rings is 2. The first-order valence-electron chi connectivity index (χ1n) is 8.25. The molecule has 4 nitrogen and oxygen atoms in total. The third kappa shape index (κ3) is 4.22. The summed E-state index contributed by atoms with van der Waals surface area (Å²) in [7, 11) is -3.35. The molecule has 2 aromatic rings. The number of hydrogen-bond acceptors (Lipinski definition) is 3. The highest BCUT2D eigenvalue weighted by molar-refractivity contribution is 7.91. The van der Waals surface area contributed by atoms with Crippen molar-refractivity contribution < 1.29 is 13.2 Å². The van der Waals surface area contributed by atoms with Crippen molar-refractivity contribution in [2.24, 2.45) is 0 Å². The molecule has 0 N–H and O–H groups in total.